The Morgan fingerprint density at radius 2 is 1.93 bits per heavy atom. The Balaban J connectivity index is 1.67. The first-order valence-electron chi connectivity index (χ1n) is 8.97. The van der Waals surface area contributed by atoms with Crippen molar-refractivity contribution < 1.29 is 9.21 Å². The van der Waals surface area contributed by atoms with E-state index in [9.17, 15) is 9.59 Å². The summed E-state index contributed by atoms with van der Waals surface area (Å²) in [5.74, 6) is 0.457. The molecule has 0 radical (unpaired) electrons. The van der Waals surface area contributed by atoms with Crippen LogP contribution in [0.2, 0.25) is 0 Å². The number of furan rings is 1. The van der Waals surface area contributed by atoms with Gasteiger partial charge in [-0.3, -0.25) is 9.59 Å². The first kappa shape index (κ1) is 17.7. The third-order valence-corrected chi connectivity index (χ3v) is 4.56. The number of carbonyl (C=O) groups excluding carboxylic acids is 1. The van der Waals surface area contributed by atoms with Gasteiger partial charge in [0.05, 0.1) is 30.4 Å². The van der Waals surface area contributed by atoms with E-state index in [0.29, 0.717) is 41.1 Å². The van der Waals surface area contributed by atoms with Crippen molar-refractivity contribution in [3.8, 4) is 0 Å². The monoisotopic (exact) mass is 373 g/mol. The molecule has 6 heteroatoms. The fourth-order valence-electron chi connectivity index (χ4n) is 3.12. The molecular formula is C22H19N3O3. The Bertz CT molecular complexity index is 1180. The number of rotatable bonds is 5. The fraction of sp³-hybridized carbons (Fsp3) is 0.136. The molecule has 0 aliphatic carbocycles. The minimum Gasteiger partial charge on any atom is -0.467 e. The number of hydrogen-bond donors (Lipinski definition) is 1. The van der Waals surface area contributed by atoms with Gasteiger partial charge < -0.3 is 14.3 Å². The fourth-order valence-corrected chi connectivity index (χ4v) is 3.12. The summed E-state index contributed by atoms with van der Waals surface area (Å²) in [5, 5.41) is 2.82. The summed E-state index contributed by atoms with van der Waals surface area (Å²) in [4.78, 5) is 29.5. The lowest BCUT2D eigenvalue weighted by Crippen LogP contribution is -2.25. The number of fused-ring (bicyclic) bond motifs is 1. The second kappa shape index (κ2) is 7.52. The molecule has 0 saturated carbocycles. The van der Waals surface area contributed by atoms with Gasteiger partial charge in [-0.2, -0.15) is 0 Å². The van der Waals surface area contributed by atoms with Crippen LogP contribution in [-0.2, 0) is 13.1 Å². The van der Waals surface area contributed by atoms with E-state index in [1.54, 1.807) is 48.1 Å². The molecule has 2 aromatic carbocycles. The SMILES string of the molecule is Cc1nc2cc(C(=O)NCc3ccco3)ccc2n(Cc2ccccc2)c1=O. The topological polar surface area (TPSA) is 77.1 Å². The van der Waals surface area contributed by atoms with Gasteiger partial charge in [0.15, 0.2) is 0 Å². The smallest absolute Gasteiger partial charge is 0.272 e. The molecule has 1 N–H and O–H groups in total. The predicted octanol–water partition coefficient (Wildman–Crippen LogP) is 3.28. The van der Waals surface area contributed by atoms with Crippen molar-refractivity contribution >= 4 is 16.9 Å². The molecule has 0 atom stereocenters. The van der Waals surface area contributed by atoms with Crippen molar-refractivity contribution in [1.82, 2.24) is 14.9 Å². The van der Waals surface area contributed by atoms with E-state index in [0.717, 1.165) is 5.56 Å². The van der Waals surface area contributed by atoms with Crippen molar-refractivity contribution in [1.29, 1.82) is 0 Å². The van der Waals surface area contributed by atoms with Crippen molar-refractivity contribution in [2.45, 2.75) is 20.0 Å². The van der Waals surface area contributed by atoms with E-state index in [1.165, 1.54) is 0 Å². The van der Waals surface area contributed by atoms with Crippen LogP contribution in [0.15, 0.2) is 76.1 Å². The standard InChI is InChI=1S/C22H19N3O3/c1-15-22(27)25(14-16-6-3-2-4-7-16)20-10-9-17(12-19(20)24-15)21(26)23-13-18-8-5-11-28-18/h2-12H,13-14H2,1H3,(H,23,26). The number of carbonyl (C=O) groups is 1. The van der Waals surface area contributed by atoms with Gasteiger partial charge in [-0.15, -0.1) is 0 Å². The third-order valence-electron chi connectivity index (χ3n) is 4.56. The Kier molecular flexibility index (Phi) is 4.76. The van der Waals surface area contributed by atoms with Crippen LogP contribution in [0.3, 0.4) is 0 Å². The number of nitrogens with one attached hydrogen (secondary N) is 1. The molecule has 0 unspecified atom stereocenters. The summed E-state index contributed by atoms with van der Waals surface area (Å²) < 4.78 is 6.92. The lowest BCUT2D eigenvalue weighted by Gasteiger charge is -2.12. The van der Waals surface area contributed by atoms with Crippen LogP contribution in [-0.4, -0.2) is 15.5 Å². The number of aryl methyl sites for hydroxylation is 1. The van der Waals surface area contributed by atoms with Gasteiger partial charge in [0.25, 0.3) is 11.5 Å². The zero-order valence-electron chi connectivity index (χ0n) is 15.4. The van der Waals surface area contributed by atoms with Gasteiger partial charge >= 0.3 is 0 Å². The van der Waals surface area contributed by atoms with Gasteiger partial charge in [0.1, 0.15) is 11.5 Å². The minimum atomic E-state index is -0.224. The van der Waals surface area contributed by atoms with Gasteiger partial charge in [0.2, 0.25) is 0 Å². The van der Waals surface area contributed by atoms with E-state index < -0.39 is 0 Å². The van der Waals surface area contributed by atoms with Crippen molar-refractivity contribution in [3.63, 3.8) is 0 Å². The summed E-state index contributed by atoms with van der Waals surface area (Å²) in [6.45, 7) is 2.44. The number of aromatic nitrogens is 2. The molecule has 4 aromatic rings. The first-order chi connectivity index (χ1) is 13.6. The molecule has 0 bridgehead atoms. The maximum Gasteiger partial charge on any atom is 0.272 e. The second-order valence-corrected chi connectivity index (χ2v) is 6.54. The third kappa shape index (κ3) is 3.57. The van der Waals surface area contributed by atoms with E-state index in [4.69, 9.17) is 4.42 Å². The molecule has 1 amide bonds. The van der Waals surface area contributed by atoms with Gasteiger partial charge in [-0.05, 0) is 42.8 Å². The Hall–Kier alpha value is -3.67. The van der Waals surface area contributed by atoms with Crippen molar-refractivity contribution in [3.05, 3.63) is 99.9 Å². The zero-order valence-corrected chi connectivity index (χ0v) is 15.4. The first-order valence-corrected chi connectivity index (χ1v) is 8.97. The van der Waals surface area contributed by atoms with E-state index >= 15 is 0 Å². The molecule has 2 aromatic heterocycles. The normalized spacial score (nSPS) is 10.9. The van der Waals surface area contributed by atoms with Crippen LogP contribution in [0.25, 0.3) is 11.0 Å². The van der Waals surface area contributed by atoms with Crippen molar-refractivity contribution in [2.24, 2.45) is 0 Å². The van der Waals surface area contributed by atoms with Crippen LogP contribution in [0, 0.1) is 6.92 Å². The molecule has 0 fully saturated rings. The summed E-state index contributed by atoms with van der Waals surface area (Å²) in [6, 6.07) is 18.5. The summed E-state index contributed by atoms with van der Waals surface area (Å²) in [5.41, 5.74) is 3.08. The molecule has 0 saturated heterocycles. The maximum absolute atomic E-state index is 12.7. The molecular weight excluding hydrogens is 354 g/mol. The summed E-state index contributed by atoms with van der Waals surface area (Å²) in [6.07, 6.45) is 1.57. The average Bonchev–Trinajstić information content (AvgIpc) is 3.23. The Morgan fingerprint density at radius 3 is 2.68 bits per heavy atom. The van der Waals surface area contributed by atoms with Crippen LogP contribution in [0.4, 0.5) is 0 Å². The van der Waals surface area contributed by atoms with E-state index in [1.807, 2.05) is 30.3 Å². The Morgan fingerprint density at radius 1 is 1.11 bits per heavy atom. The lowest BCUT2D eigenvalue weighted by molar-refractivity contribution is 0.0948. The van der Waals surface area contributed by atoms with Gasteiger partial charge in [-0.25, -0.2) is 4.98 Å². The number of hydrogen-bond acceptors (Lipinski definition) is 4. The van der Waals surface area contributed by atoms with Crippen LogP contribution in [0.5, 0.6) is 0 Å². The minimum absolute atomic E-state index is 0.133. The second-order valence-electron chi connectivity index (χ2n) is 6.54. The van der Waals surface area contributed by atoms with Crippen LogP contribution < -0.4 is 10.9 Å². The zero-order chi connectivity index (χ0) is 19.5. The van der Waals surface area contributed by atoms with Crippen LogP contribution in [0.1, 0.15) is 27.4 Å². The quantitative estimate of drug-likeness (QED) is 0.582. The predicted molar refractivity (Wildman–Crippen MR) is 106 cm³/mol. The van der Waals surface area contributed by atoms with Gasteiger partial charge in [0, 0.05) is 5.56 Å². The molecule has 0 aliphatic rings. The highest BCUT2D eigenvalue weighted by Crippen LogP contribution is 2.15. The van der Waals surface area contributed by atoms with Crippen LogP contribution >= 0.6 is 0 Å². The van der Waals surface area contributed by atoms with Crippen molar-refractivity contribution in [2.75, 3.05) is 0 Å². The van der Waals surface area contributed by atoms with E-state index in [-0.39, 0.29) is 11.5 Å². The molecule has 2 heterocycles. The number of amides is 1. The highest BCUT2D eigenvalue weighted by atomic mass is 16.3. The highest BCUT2D eigenvalue weighted by molar-refractivity contribution is 5.97. The largest absolute Gasteiger partial charge is 0.467 e. The maximum atomic E-state index is 12.7. The molecule has 28 heavy (non-hydrogen) atoms. The Labute approximate surface area is 161 Å². The summed E-state index contributed by atoms with van der Waals surface area (Å²) >= 11 is 0. The molecule has 140 valence electrons. The number of nitrogens with zero attached hydrogens (tertiary/aromatic N) is 2. The highest BCUT2D eigenvalue weighted by Gasteiger charge is 2.12. The number of benzene rings is 2. The van der Waals surface area contributed by atoms with E-state index in [2.05, 4.69) is 10.3 Å². The molecule has 6 nitrogen and oxygen atoms in total. The average molecular weight is 373 g/mol. The molecule has 0 aliphatic heterocycles. The molecule has 4 rings (SSSR count). The lowest BCUT2D eigenvalue weighted by atomic mass is 10.1. The molecule has 0 spiro atoms. The van der Waals surface area contributed by atoms with Gasteiger partial charge in [-0.1, -0.05) is 30.3 Å². The summed E-state index contributed by atoms with van der Waals surface area (Å²) in [7, 11) is 0.